The van der Waals surface area contributed by atoms with Crippen molar-refractivity contribution in [2.75, 3.05) is 0 Å². The molecule has 2 rings (SSSR count). The van der Waals surface area contributed by atoms with Crippen LogP contribution in [0.3, 0.4) is 0 Å². The zero-order valence-corrected chi connectivity index (χ0v) is 10.6. The van der Waals surface area contributed by atoms with Crippen LogP contribution in [0.1, 0.15) is 5.56 Å². The normalized spacial score (nSPS) is 11.3. The largest absolute Gasteiger partial charge is 0.457 e. The highest BCUT2D eigenvalue weighted by Crippen LogP contribution is 2.31. The molecule has 0 amide bonds. The molecule has 0 aliphatic carbocycles. The van der Waals surface area contributed by atoms with Crippen molar-refractivity contribution in [2.45, 2.75) is 6.18 Å². The second-order valence-corrected chi connectivity index (χ2v) is 4.50. The number of alkyl halides is 3. The topological polar surface area (TPSA) is 9.23 Å². The van der Waals surface area contributed by atoms with E-state index >= 15 is 0 Å². The van der Waals surface area contributed by atoms with Gasteiger partial charge in [0.15, 0.2) is 0 Å². The summed E-state index contributed by atoms with van der Waals surface area (Å²) >= 11 is 3.28. The maximum Gasteiger partial charge on any atom is 0.416 e. The Morgan fingerprint density at radius 1 is 0.889 bits per heavy atom. The Balaban J connectivity index is 2.16. The van der Waals surface area contributed by atoms with Crippen molar-refractivity contribution in [1.82, 2.24) is 0 Å². The fourth-order valence-electron chi connectivity index (χ4n) is 1.38. The molecule has 0 aromatic heterocycles. The summed E-state index contributed by atoms with van der Waals surface area (Å²) in [6.07, 6.45) is -4.33. The van der Waals surface area contributed by atoms with Crippen molar-refractivity contribution in [2.24, 2.45) is 0 Å². The van der Waals surface area contributed by atoms with Crippen LogP contribution in [0.15, 0.2) is 53.0 Å². The van der Waals surface area contributed by atoms with Gasteiger partial charge < -0.3 is 4.74 Å². The minimum Gasteiger partial charge on any atom is -0.457 e. The molecule has 0 saturated heterocycles. The smallest absolute Gasteiger partial charge is 0.416 e. The Kier molecular flexibility index (Phi) is 3.61. The minimum absolute atomic E-state index is 0.362. The third-order valence-electron chi connectivity index (χ3n) is 2.21. The quantitative estimate of drug-likeness (QED) is 0.734. The Bertz CT molecular complexity index is 535. The predicted molar refractivity (Wildman–Crippen MR) is 65.7 cm³/mol. The van der Waals surface area contributed by atoms with Crippen molar-refractivity contribution < 1.29 is 17.9 Å². The van der Waals surface area contributed by atoms with E-state index in [9.17, 15) is 13.2 Å². The molecule has 0 N–H and O–H groups in total. The van der Waals surface area contributed by atoms with E-state index in [1.807, 2.05) is 6.07 Å². The number of rotatable bonds is 2. The second-order valence-electron chi connectivity index (χ2n) is 3.58. The minimum atomic E-state index is -4.33. The van der Waals surface area contributed by atoms with Crippen LogP contribution < -0.4 is 4.74 Å². The summed E-state index contributed by atoms with van der Waals surface area (Å²) in [6.45, 7) is 0. The average molecular weight is 317 g/mol. The molecular formula is C13H8BrF3O. The molecule has 0 atom stereocenters. The third-order valence-corrected chi connectivity index (χ3v) is 2.71. The van der Waals surface area contributed by atoms with Crippen LogP contribution in [0, 0.1) is 0 Å². The molecule has 0 aliphatic heterocycles. The lowest BCUT2D eigenvalue weighted by molar-refractivity contribution is -0.137. The molecule has 1 nitrogen and oxygen atoms in total. The van der Waals surface area contributed by atoms with E-state index < -0.39 is 11.7 Å². The highest BCUT2D eigenvalue weighted by Gasteiger charge is 2.29. The maximum absolute atomic E-state index is 12.4. The first-order chi connectivity index (χ1) is 8.45. The summed E-state index contributed by atoms with van der Waals surface area (Å²) in [4.78, 5) is 0. The number of halogens is 4. The van der Waals surface area contributed by atoms with E-state index in [1.165, 1.54) is 12.1 Å². The monoisotopic (exact) mass is 316 g/mol. The lowest BCUT2D eigenvalue weighted by Gasteiger charge is -2.09. The fourth-order valence-corrected chi connectivity index (χ4v) is 1.76. The summed E-state index contributed by atoms with van der Waals surface area (Å²) < 4.78 is 43.3. The van der Waals surface area contributed by atoms with Crippen LogP contribution in [-0.4, -0.2) is 0 Å². The summed E-state index contributed by atoms with van der Waals surface area (Å²) in [7, 11) is 0. The van der Waals surface area contributed by atoms with Gasteiger partial charge in [0.05, 0.1) is 5.56 Å². The molecule has 0 spiro atoms. The van der Waals surface area contributed by atoms with Gasteiger partial charge in [0, 0.05) is 4.47 Å². The Morgan fingerprint density at radius 2 is 1.56 bits per heavy atom. The van der Waals surface area contributed by atoms with E-state index in [1.54, 1.807) is 18.2 Å². The summed E-state index contributed by atoms with van der Waals surface area (Å²) in [5.74, 6) is 0.922. The van der Waals surface area contributed by atoms with Gasteiger partial charge in [0.2, 0.25) is 0 Å². The zero-order valence-electron chi connectivity index (χ0n) is 9.04. The first-order valence-corrected chi connectivity index (χ1v) is 5.85. The molecule has 18 heavy (non-hydrogen) atoms. The number of benzene rings is 2. The van der Waals surface area contributed by atoms with Crippen molar-refractivity contribution in [3.63, 3.8) is 0 Å². The molecule has 2 aromatic rings. The number of hydrogen-bond acceptors (Lipinski definition) is 1. The highest BCUT2D eigenvalue weighted by atomic mass is 79.9. The van der Waals surface area contributed by atoms with E-state index in [2.05, 4.69) is 15.9 Å². The van der Waals surface area contributed by atoms with Crippen LogP contribution in [0.2, 0.25) is 0 Å². The molecule has 0 unspecified atom stereocenters. The van der Waals surface area contributed by atoms with Gasteiger partial charge in [-0.3, -0.25) is 0 Å². The third kappa shape index (κ3) is 3.26. The average Bonchev–Trinajstić information content (AvgIpc) is 2.28. The van der Waals surface area contributed by atoms with Crippen molar-refractivity contribution in [1.29, 1.82) is 0 Å². The Hall–Kier alpha value is -1.49. The SMILES string of the molecule is FC(F)(F)c1ccc(Oc2cccc(Br)c2)cc1. The summed E-state index contributed by atoms with van der Waals surface area (Å²) in [5.41, 5.74) is -0.691. The molecule has 5 heteroatoms. The summed E-state index contributed by atoms with van der Waals surface area (Å²) in [5, 5.41) is 0. The van der Waals surface area contributed by atoms with Crippen molar-refractivity contribution >= 4 is 15.9 Å². The van der Waals surface area contributed by atoms with Gasteiger partial charge in [-0.1, -0.05) is 22.0 Å². The highest BCUT2D eigenvalue weighted by molar-refractivity contribution is 9.10. The van der Waals surface area contributed by atoms with Crippen molar-refractivity contribution in [3.05, 3.63) is 58.6 Å². The molecule has 0 aliphatic rings. The molecule has 0 fully saturated rings. The summed E-state index contributed by atoms with van der Waals surface area (Å²) in [6, 6.07) is 11.7. The molecule has 2 aromatic carbocycles. The molecule has 0 radical (unpaired) electrons. The van der Waals surface area contributed by atoms with Crippen LogP contribution in [-0.2, 0) is 6.18 Å². The predicted octanol–water partition coefficient (Wildman–Crippen LogP) is 5.26. The van der Waals surface area contributed by atoms with Crippen LogP contribution in [0.5, 0.6) is 11.5 Å². The van der Waals surface area contributed by atoms with E-state index in [4.69, 9.17) is 4.74 Å². The van der Waals surface area contributed by atoms with Crippen LogP contribution in [0.4, 0.5) is 13.2 Å². The molecule has 0 bridgehead atoms. The maximum atomic E-state index is 12.4. The molecule has 0 heterocycles. The van der Waals surface area contributed by atoms with Gasteiger partial charge in [-0.15, -0.1) is 0 Å². The van der Waals surface area contributed by atoms with Gasteiger partial charge in [-0.2, -0.15) is 13.2 Å². The zero-order chi connectivity index (χ0) is 13.2. The van der Waals surface area contributed by atoms with Gasteiger partial charge in [0.1, 0.15) is 11.5 Å². The van der Waals surface area contributed by atoms with Gasteiger partial charge in [0.25, 0.3) is 0 Å². The van der Waals surface area contributed by atoms with Crippen molar-refractivity contribution in [3.8, 4) is 11.5 Å². The van der Waals surface area contributed by atoms with Crippen LogP contribution in [0.25, 0.3) is 0 Å². The van der Waals surface area contributed by atoms with Crippen LogP contribution >= 0.6 is 15.9 Å². The molecular weight excluding hydrogens is 309 g/mol. The van der Waals surface area contributed by atoms with Gasteiger partial charge in [-0.25, -0.2) is 0 Å². The standard InChI is InChI=1S/C13H8BrF3O/c14-10-2-1-3-12(8-10)18-11-6-4-9(5-7-11)13(15,16)17/h1-8H. The fraction of sp³-hybridized carbons (Fsp3) is 0.0769. The van der Waals surface area contributed by atoms with Gasteiger partial charge >= 0.3 is 6.18 Å². The lowest BCUT2D eigenvalue weighted by Crippen LogP contribution is -2.03. The van der Waals surface area contributed by atoms with E-state index in [-0.39, 0.29) is 0 Å². The second kappa shape index (κ2) is 5.02. The first-order valence-electron chi connectivity index (χ1n) is 5.06. The Morgan fingerprint density at radius 3 is 2.11 bits per heavy atom. The number of ether oxygens (including phenoxy) is 1. The van der Waals surface area contributed by atoms with Gasteiger partial charge in [-0.05, 0) is 42.5 Å². The van der Waals surface area contributed by atoms with E-state index in [0.29, 0.717) is 11.5 Å². The first kappa shape index (κ1) is 13.0. The number of hydrogen-bond donors (Lipinski definition) is 0. The van der Waals surface area contributed by atoms with E-state index in [0.717, 1.165) is 16.6 Å². The molecule has 0 saturated carbocycles. The Labute approximate surface area is 110 Å². The lowest BCUT2D eigenvalue weighted by atomic mass is 10.2. The molecule has 94 valence electrons.